The number of carbonyl (C=O) groups excluding carboxylic acids is 1. The van der Waals surface area contributed by atoms with Crippen molar-refractivity contribution in [3.8, 4) is 5.75 Å². The SMILES string of the molecule is CC[C@H](c1ccc(OC(C)=O)cc1)N1CCNCC1.Cl.Cl. The minimum absolute atomic E-state index is 0. The summed E-state index contributed by atoms with van der Waals surface area (Å²) in [5.41, 5.74) is 1.29. The highest BCUT2D eigenvalue weighted by molar-refractivity contribution is 5.85. The molecule has 0 unspecified atom stereocenters. The highest BCUT2D eigenvalue weighted by atomic mass is 35.5. The summed E-state index contributed by atoms with van der Waals surface area (Å²) in [7, 11) is 0. The number of esters is 1. The second kappa shape index (κ2) is 10.0. The van der Waals surface area contributed by atoms with Crippen molar-refractivity contribution in [2.24, 2.45) is 0 Å². The van der Waals surface area contributed by atoms with Crippen LogP contribution in [0.5, 0.6) is 5.75 Å². The zero-order valence-corrected chi connectivity index (χ0v) is 14.1. The maximum Gasteiger partial charge on any atom is 0.308 e. The van der Waals surface area contributed by atoms with Crippen LogP contribution in [0.15, 0.2) is 24.3 Å². The Balaban J connectivity index is 0.00000200. The van der Waals surface area contributed by atoms with Crippen LogP contribution in [0.4, 0.5) is 0 Å². The van der Waals surface area contributed by atoms with Crippen LogP contribution in [0.1, 0.15) is 31.9 Å². The van der Waals surface area contributed by atoms with E-state index in [1.807, 2.05) is 12.1 Å². The molecular formula is C15H24Cl2N2O2. The fraction of sp³-hybridized carbons (Fsp3) is 0.533. The number of ether oxygens (including phenoxy) is 1. The van der Waals surface area contributed by atoms with Crippen molar-refractivity contribution in [2.75, 3.05) is 26.2 Å². The normalized spacial score (nSPS) is 16.3. The summed E-state index contributed by atoms with van der Waals surface area (Å²) in [6.07, 6.45) is 1.09. The third kappa shape index (κ3) is 5.83. The van der Waals surface area contributed by atoms with Crippen LogP contribution in [0.3, 0.4) is 0 Å². The van der Waals surface area contributed by atoms with Gasteiger partial charge in [-0.3, -0.25) is 9.69 Å². The highest BCUT2D eigenvalue weighted by Crippen LogP contribution is 2.26. The molecule has 1 atom stereocenters. The van der Waals surface area contributed by atoms with Gasteiger partial charge in [-0.15, -0.1) is 24.8 Å². The molecule has 0 amide bonds. The largest absolute Gasteiger partial charge is 0.427 e. The highest BCUT2D eigenvalue weighted by Gasteiger charge is 2.20. The molecule has 1 fully saturated rings. The second-order valence-corrected chi connectivity index (χ2v) is 4.87. The number of hydrogen-bond acceptors (Lipinski definition) is 4. The molecule has 1 aliphatic heterocycles. The van der Waals surface area contributed by atoms with Gasteiger partial charge in [0.2, 0.25) is 0 Å². The topological polar surface area (TPSA) is 41.6 Å². The molecule has 1 heterocycles. The fourth-order valence-corrected chi connectivity index (χ4v) is 2.62. The molecule has 1 saturated heterocycles. The molecule has 6 heteroatoms. The van der Waals surface area contributed by atoms with E-state index in [9.17, 15) is 4.79 Å². The first kappa shape index (κ1) is 20.2. The van der Waals surface area contributed by atoms with Crippen LogP contribution in [0.2, 0.25) is 0 Å². The first-order valence-corrected chi connectivity index (χ1v) is 6.94. The average Bonchev–Trinajstić information content (AvgIpc) is 2.42. The number of rotatable bonds is 4. The molecule has 120 valence electrons. The van der Waals surface area contributed by atoms with E-state index in [2.05, 4.69) is 29.3 Å². The lowest BCUT2D eigenvalue weighted by Crippen LogP contribution is -2.45. The Labute approximate surface area is 139 Å². The maximum absolute atomic E-state index is 10.9. The quantitative estimate of drug-likeness (QED) is 0.679. The molecule has 1 N–H and O–H groups in total. The van der Waals surface area contributed by atoms with Crippen molar-refractivity contribution in [3.05, 3.63) is 29.8 Å². The molecule has 0 aliphatic carbocycles. The first-order valence-electron chi connectivity index (χ1n) is 6.94. The lowest BCUT2D eigenvalue weighted by molar-refractivity contribution is -0.131. The zero-order valence-electron chi connectivity index (χ0n) is 12.5. The number of piperazine rings is 1. The summed E-state index contributed by atoms with van der Waals surface area (Å²) in [4.78, 5) is 13.4. The number of hydrogen-bond donors (Lipinski definition) is 1. The molecule has 0 saturated carbocycles. The summed E-state index contributed by atoms with van der Waals surface area (Å²) >= 11 is 0. The van der Waals surface area contributed by atoms with E-state index in [4.69, 9.17) is 4.74 Å². The number of halogens is 2. The lowest BCUT2D eigenvalue weighted by atomic mass is 10.0. The van der Waals surface area contributed by atoms with Crippen molar-refractivity contribution < 1.29 is 9.53 Å². The minimum atomic E-state index is -0.276. The van der Waals surface area contributed by atoms with Gasteiger partial charge in [0.1, 0.15) is 5.75 Å². The predicted molar refractivity (Wildman–Crippen MR) is 89.7 cm³/mol. The first-order chi connectivity index (χ1) is 9.20. The number of carbonyl (C=O) groups is 1. The molecule has 0 spiro atoms. The van der Waals surface area contributed by atoms with Crippen LogP contribution in [0, 0.1) is 0 Å². The van der Waals surface area contributed by atoms with Crippen LogP contribution in [-0.4, -0.2) is 37.0 Å². The fourth-order valence-electron chi connectivity index (χ4n) is 2.62. The Kier molecular flexibility index (Phi) is 9.62. The Bertz CT molecular complexity index is 420. The van der Waals surface area contributed by atoms with Crippen molar-refractivity contribution in [3.63, 3.8) is 0 Å². The van der Waals surface area contributed by atoms with Gasteiger partial charge in [0.15, 0.2) is 0 Å². The summed E-state index contributed by atoms with van der Waals surface area (Å²) in [5.74, 6) is 0.341. The van der Waals surface area contributed by atoms with E-state index in [0.717, 1.165) is 32.6 Å². The Morgan fingerprint density at radius 2 is 1.81 bits per heavy atom. The van der Waals surface area contributed by atoms with Crippen molar-refractivity contribution in [1.82, 2.24) is 10.2 Å². The van der Waals surface area contributed by atoms with Gasteiger partial charge in [-0.2, -0.15) is 0 Å². The third-order valence-electron chi connectivity index (χ3n) is 3.51. The molecule has 21 heavy (non-hydrogen) atoms. The summed E-state index contributed by atoms with van der Waals surface area (Å²) < 4.78 is 5.07. The number of nitrogens with one attached hydrogen (secondary N) is 1. The van der Waals surface area contributed by atoms with Gasteiger partial charge in [0.25, 0.3) is 0 Å². The average molecular weight is 335 g/mol. The van der Waals surface area contributed by atoms with Gasteiger partial charge in [0.05, 0.1) is 0 Å². The summed E-state index contributed by atoms with van der Waals surface area (Å²) in [5, 5.41) is 3.38. The predicted octanol–water partition coefficient (Wildman–Crippen LogP) is 2.81. The lowest BCUT2D eigenvalue weighted by Gasteiger charge is -2.34. The van der Waals surface area contributed by atoms with E-state index < -0.39 is 0 Å². The standard InChI is InChI=1S/C15H22N2O2.2ClH/c1-3-15(17-10-8-16-9-11-17)13-4-6-14(7-5-13)19-12(2)18;;/h4-7,15-16H,3,8-11H2,1-2H3;2*1H/t15-;;/m1../s1. The molecule has 0 bridgehead atoms. The van der Waals surface area contributed by atoms with Gasteiger partial charge in [0, 0.05) is 39.1 Å². The number of benzene rings is 1. The molecule has 2 rings (SSSR count). The smallest absolute Gasteiger partial charge is 0.308 e. The molecule has 1 aliphatic rings. The second-order valence-electron chi connectivity index (χ2n) is 4.87. The molecule has 0 radical (unpaired) electrons. The van der Waals surface area contributed by atoms with E-state index in [1.165, 1.54) is 12.5 Å². The van der Waals surface area contributed by atoms with Crippen molar-refractivity contribution >= 4 is 30.8 Å². The van der Waals surface area contributed by atoms with Crippen LogP contribution in [0.25, 0.3) is 0 Å². The monoisotopic (exact) mass is 334 g/mol. The molecule has 1 aromatic rings. The van der Waals surface area contributed by atoms with E-state index in [0.29, 0.717) is 11.8 Å². The molecule has 0 aromatic heterocycles. The van der Waals surface area contributed by atoms with Gasteiger partial charge in [-0.1, -0.05) is 19.1 Å². The van der Waals surface area contributed by atoms with Crippen LogP contribution >= 0.6 is 24.8 Å². The minimum Gasteiger partial charge on any atom is -0.427 e. The molecular weight excluding hydrogens is 311 g/mol. The van der Waals surface area contributed by atoms with Crippen LogP contribution in [-0.2, 0) is 4.79 Å². The van der Waals surface area contributed by atoms with E-state index >= 15 is 0 Å². The van der Waals surface area contributed by atoms with E-state index in [-0.39, 0.29) is 30.8 Å². The Morgan fingerprint density at radius 1 is 1.24 bits per heavy atom. The Hall–Kier alpha value is -0.810. The van der Waals surface area contributed by atoms with Crippen molar-refractivity contribution in [2.45, 2.75) is 26.3 Å². The molecule has 4 nitrogen and oxygen atoms in total. The molecule has 1 aromatic carbocycles. The van der Waals surface area contributed by atoms with Crippen LogP contribution < -0.4 is 10.1 Å². The summed E-state index contributed by atoms with van der Waals surface area (Å²) in [6, 6.07) is 8.33. The van der Waals surface area contributed by atoms with Gasteiger partial charge < -0.3 is 10.1 Å². The van der Waals surface area contributed by atoms with Gasteiger partial charge >= 0.3 is 5.97 Å². The Morgan fingerprint density at radius 3 is 2.29 bits per heavy atom. The third-order valence-corrected chi connectivity index (χ3v) is 3.51. The summed E-state index contributed by atoms with van der Waals surface area (Å²) in [6.45, 7) is 7.93. The number of nitrogens with zero attached hydrogens (tertiary/aromatic N) is 1. The van der Waals surface area contributed by atoms with E-state index in [1.54, 1.807) is 0 Å². The van der Waals surface area contributed by atoms with Gasteiger partial charge in [-0.25, -0.2) is 0 Å². The zero-order chi connectivity index (χ0) is 13.7. The van der Waals surface area contributed by atoms with Crippen molar-refractivity contribution in [1.29, 1.82) is 0 Å². The van der Waals surface area contributed by atoms with Gasteiger partial charge in [-0.05, 0) is 24.1 Å². The maximum atomic E-state index is 10.9.